The van der Waals surface area contributed by atoms with Crippen molar-refractivity contribution < 1.29 is 24.0 Å². The van der Waals surface area contributed by atoms with E-state index in [0.29, 0.717) is 27.7 Å². The third-order valence-electron chi connectivity index (χ3n) is 6.56. The van der Waals surface area contributed by atoms with Crippen LogP contribution in [0.3, 0.4) is 0 Å². The molecule has 3 aromatic carbocycles. The van der Waals surface area contributed by atoms with E-state index in [0.717, 1.165) is 46.2 Å². The van der Waals surface area contributed by atoms with Gasteiger partial charge in [-0.1, -0.05) is 65.3 Å². The first-order valence-corrected chi connectivity index (χ1v) is 12.3. The number of aromatic nitrogens is 1. The number of carbonyl (C=O) groups excluding carboxylic acids is 1. The number of hydrogen-bond donors (Lipinski definition) is 2. The van der Waals surface area contributed by atoms with Crippen molar-refractivity contribution in [2.75, 3.05) is 5.32 Å². The first kappa shape index (κ1) is 24.6. The van der Waals surface area contributed by atoms with Crippen LogP contribution in [0.15, 0.2) is 65.2 Å². The summed E-state index contributed by atoms with van der Waals surface area (Å²) in [5.74, 6) is -0.389. The number of rotatable bonds is 6. The van der Waals surface area contributed by atoms with Gasteiger partial charge in [-0.15, -0.1) is 0 Å². The first-order chi connectivity index (χ1) is 17.8. The van der Waals surface area contributed by atoms with Gasteiger partial charge in [0.1, 0.15) is 17.5 Å². The van der Waals surface area contributed by atoms with E-state index in [1.165, 1.54) is 0 Å². The molecule has 1 heterocycles. The third kappa shape index (κ3) is 5.08. The zero-order chi connectivity index (χ0) is 26.1. The Bertz CT molecular complexity index is 1510. The number of nitrogens with one attached hydrogen (secondary N) is 1. The Balaban J connectivity index is 1.37. The van der Waals surface area contributed by atoms with Gasteiger partial charge in [0.15, 0.2) is 5.76 Å². The number of benzene rings is 3. The quantitative estimate of drug-likeness (QED) is 0.286. The number of aryl methyl sites for hydroxylation is 3. The Morgan fingerprint density at radius 1 is 1.08 bits per heavy atom. The molecule has 1 aliphatic rings. The molecule has 0 spiro atoms. The van der Waals surface area contributed by atoms with Gasteiger partial charge in [0.25, 0.3) is 0 Å². The van der Waals surface area contributed by atoms with Gasteiger partial charge >= 0.3 is 12.1 Å². The van der Waals surface area contributed by atoms with Crippen molar-refractivity contribution in [3.8, 4) is 22.5 Å². The number of carboxylic acids is 1. The Morgan fingerprint density at radius 2 is 1.78 bits per heavy atom. The van der Waals surface area contributed by atoms with E-state index in [9.17, 15) is 9.59 Å². The SMILES string of the molecule is Cc1noc(-c2ccc3c(c2)CCc2cc(CC(=O)O)ccc2-3)c1NC(=O)OC(C)c1ccccc1Cl. The number of ether oxygens (including phenoxy) is 1. The highest BCUT2D eigenvalue weighted by Gasteiger charge is 2.23. The molecule has 4 aromatic rings. The van der Waals surface area contributed by atoms with Gasteiger partial charge in [-0.2, -0.15) is 0 Å². The maximum absolute atomic E-state index is 12.7. The fourth-order valence-electron chi connectivity index (χ4n) is 4.75. The van der Waals surface area contributed by atoms with E-state index in [4.69, 9.17) is 26.0 Å². The second-order valence-electron chi connectivity index (χ2n) is 9.10. The standard InChI is InChI=1S/C29H25ClN2O5/c1-16-27(31-29(35)36-17(2)22-5-3-4-6-25(22)30)28(37-32-16)21-10-12-24-20(15-21)9-8-19-13-18(14-26(33)34)7-11-23(19)24/h3-7,10-13,15,17H,8-9,14H2,1-2H3,(H,31,35)(H,33,34). The van der Waals surface area contributed by atoms with Crippen molar-refractivity contribution in [3.05, 3.63) is 93.6 Å². The van der Waals surface area contributed by atoms with Crippen LogP contribution in [0, 0.1) is 6.92 Å². The van der Waals surface area contributed by atoms with Crippen LogP contribution in [-0.4, -0.2) is 22.3 Å². The minimum atomic E-state index is -0.838. The average molecular weight is 517 g/mol. The molecule has 8 heteroatoms. The van der Waals surface area contributed by atoms with Crippen LogP contribution >= 0.6 is 11.6 Å². The smallest absolute Gasteiger partial charge is 0.412 e. The van der Waals surface area contributed by atoms with Gasteiger partial charge in [-0.3, -0.25) is 10.1 Å². The summed E-state index contributed by atoms with van der Waals surface area (Å²) in [7, 11) is 0. The molecule has 5 rings (SSSR count). The number of hydrogen-bond acceptors (Lipinski definition) is 5. The van der Waals surface area contributed by atoms with Gasteiger partial charge in [0.05, 0.1) is 6.42 Å². The number of amides is 1. The van der Waals surface area contributed by atoms with E-state index in [1.54, 1.807) is 19.9 Å². The summed E-state index contributed by atoms with van der Waals surface area (Å²) in [6, 6.07) is 19.1. The lowest BCUT2D eigenvalue weighted by atomic mass is 9.83. The van der Waals surface area contributed by atoms with Gasteiger partial charge in [-0.25, -0.2) is 4.79 Å². The lowest BCUT2D eigenvalue weighted by molar-refractivity contribution is -0.136. The predicted molar refractivity (Wildman–Crippen MR) is 141 cm³/mol. The Kier molecular flexibility index (Phi) is 6.72. The van der Waals surface area contributed by atoms with Crippen LogP contribution in [-0.2, 0) is 28.8 Å². The fourth-order valence-corrected chi connectivity index (χ4v) is 5.04. The van der Waals surface area contributed by atoms with Gasteiger partial charge in [-0.05, 0) is 66.6 Å². The van der Waals surface area contributed by atoms with Crippen molar-refractivity contribution in [3.63, 3.8) is 0 Å². The minimum absolute atomic E-state index is 0.0132. The number of carbonyl (C=O) groups is 2. The van der Waals surface area contributed by atoms with Crippen molar-refractivity contribution >= 4 is 29.4 Å². The molecule has 1 aromatic heterocycles. The highest BCUT2D eigenvalue weighted by atomic mass is 35.5. The number of anilines is 1. The fraction of sp³-hybridized carbons (Fsp3) is 0.207. The first-order valence-electron chi connectivity index (χ1n) is 12.0. The summed E-state index contributed by atoms with van der Waals surface area (Å²) in [4.78, 5) is 23.8. The molecule has 0 bridgehead atoms. The van der Waals surface area contributed by atoms with Crippen molar-refractivity contribution in [1.82, 2.24) is 5.16 Å². The van der Waals surface area contributed by atoms with Crippen LogP contribution < -0.4 is 5.32 Å². The molecule has 1 unspecified atom stereocenters. The molecule has 1 amide bonds. The van der Waals surface area contributed by atoms with Gasteiger partial charge in [0, 0.05) is 16.1 Å². The largest absolute Gasteiger partial charge is 0.481 e. The molecule has 1 atom stereocenters. The summed E-state index contributed by atoms with van der Waals surface area (Å²) in [5.41, 5.74) is 7.79. The summed E-state index contributed by atoms with van der Waals surface area (Å²) in [6.07, 6.45) is 0.451. The lowest BCUT2D eigenvalue weighted by Crippen LogP contribution is -2.17. The van der Waals surface area contributed by atoms with Crippen LogP contribution in [0.5, 0.6) is 0 Å². The molecule has 7 nitrogen and oxygen atoms in total. The maximum atomic E-state index is 12.7. The Hall–Kier alpha value is -4.10. The Morgan fingerprint density at radius 3 is 2.51 bits per heavy atom. The number of aliphatic carboxylic acids is 1. The average Bonchev–Trinajstić information content (AvgIpc) is 3.22. The molecule has 2 N–H and O–H groups in total. The zero-order valence-electron chi connectivity index (χ0n) is 20.4. The Labute approximate surface area is 219 Å². The van der Waals surface area contributed by atoms with E-state index in [1.807, 2.05) is 54.6 Å². The molecule has 0 radical (unpaired) electrons. The van der Waals surface area contributed by atoms with Gasteiger partial charge in [0.2, 0.25) is 0 Å². The van der Waals surface area contributed by atoms with Crippen LogP contribution in [0.4, 0.5) is 10.5 Å². The summed E-state index contributed by atoms with van der Waals surface area (Å²) in [5, 5.41) is 16.5. The van der Waals surface area contributed by atoms with E-state index < -0.39 is 18.2 Å². The third-order valence-corrected chi connectivity index (χ3v) is 6.91. The minimum Gasteiger partial charge on any atom is -0.481 e. The lowest BCUT2D eigenvalue weighted by Gasteiger charge is -2.21. The van der Waals surface area contributed by atoms with Crippen molar-refractivity contribution in [2.24, 2.45) is 0 Å². The molecule has 1 aliphatic carbocycles. The number of fused-ring (bicyclic) bond motifs is 3. The summed E-state index contributed by atoms with van der Waals surface area (Å²) < 4.78 is 11.2. The molecule has 0 fully saturated rings. The van der Waals surface area contributed by atoms with Crippen molar-refractivity contribution in [2.45, 2.75) is 39.2 Å². The van der Waals surface area contributed by atoms with E-state index in [2.05, 4.69) is 10.5 Å². The van der Waals surface area contributed by atoms with E-state index in [-0.39, 0.29) is 6.42 Å². The monoisotopic (exact) mass is 516 g/mol. The molecule has 188 valence electrons. The highest BCUT2D eigenvalue weighted by Crippen LogP contribution is 2.39. The number of halogens is 1. The van der Waals surface area contributed by atoms with Crippen LogP contribution in [0.25, 0.3) is 22.5 Å². The second-order valence-corrected chi connectivity index (χ2v) is 9.51. The zero-order valence-corrected chi connectivity index (χ0v) is 21.1. The predicted octanol–water partition coefficient (Wildman–Crippen LogP) is 7.01. The number of nitrogens with zero attached hydrogens (tertiary/aromatic N) is 1. The summed E-state index contributed by atoms with van der Waals surface area (Å²) in [6.45, 7) is 3.51. The van der Waals surface area contributed by atoms with Gasteiger partial charge < -0.3 is 14.4 Å². The molecule has 37 heavy (non-hydrogen) atoms. The topological polar surface area (TPSA) is 102 Å². The second kappa shape index (κ2) is 10.1. The molecular formula is C29H25ClN2O5. The van der Waals surface area contributed by atoms with Crippen LogP contribution in [0.2, 0.25) is 5.02 Å². The molecule has 0 aliphatic heterocycles. The highest BCUT2D eigenvalue weighted by molar-refractivity contribution is 6.31. The van der Waals surface area contributed by atoms with E-state index >= 15 is 0 Å². The number of carboxylic acid groups (broad SMARTS) is 1. The molecule has 0 saturated heterocycles. The molecule has 0 saturated carbocycles. The molecular weight excluding hydrogens is 492 g/mol. The normalized spacial score (nSPS) is 12.8. The maximum Gasteiger partial charge on any atom is 0.412 e. The summed E-state index contributed by atoms with van der Waals surface area (Å²) >= 11 is 6.23. The van der Waals surface area contributed by atoms with Crippen LogP contribution in [0.1, 0.15) is 41.0 Å². The van der Waals surface area contributed by atoms with Crippen molar-refractivity contribution in [1.29, 1.82) is 0 Å².